The number of para-hydroxylation sites is 2. The van der Waals surface area contributed by atoms with Gasteiger partial charge in [0.15, 0.2) is 21.9 Å². The van der Waals surface area contributed by atoms with Crippen LogP contribution in [0.1, 0.15) is 24.4 Å². The molecule has 0 saturated heterocycles. The highest BCUT2D eigenvalue weighted by Crippen LogP contribution is 2.29. The summed E-state index contributed by atoms with van der Waals surface area (Å²) in [7, 11) is 0. The zero-order chi connectivity index (χ0) is 21.1. The van der Waals surface area contributed by atoms with Gasteiger partial charge in [-0.3, -0.25) is 4.79 Å². The van der Waals surface area contributed by atoms with E-state index in [4.69, 9.17) is 13.9 Å². The van der Waals surface area contributed by atoms with Gasteiger partial charge < -0.3 is 18.5 Å². The molecule has 0 N–H and O–H groups in total. The molecule has 4 rings (SSSR count). The molecule has 0 atom stereocenters. The lowest BCUT2D eigenvalue weighted by molar-refractivity contribution is 0.0972. The lowest BCUT2D eigenvalue weighted by Crippen LogP contribution is -2.20. The van der Waals surface area contributed by atoms with Gasteiger partial charge >= 0.3 is 5.91 Å². The van der Waals surface area contributed by atoms with E-state index in [2.05, 4.69) is 4.99 Å². The Bertz CT molecular complexity index is 1270. The number of benzene rings is 2. The minimum atomic E-state index is -0.536. The third-order valence-electron chi connectivity index (χ3n) is 4.53. The van der Waals surface area contributed by atoms with Crippen molar-refractivity contribution in [3.63, 3.8) is 0 Å². The Morgan fingerprint density at radius 2 is 2.03 bits per heavy atom. The SMILES string of the molecule is CCOCCn1c(=NC(=O)c2cc3cccc(OCC)c3o2)sc2cccc(F)c21. The third kappa shape index (κ3) is 3.88. The average Bonchev–Trinajstić information content (AvgIpc) is 3.32. The maximum Gasteiger partial charge on any atom is 0.315 e. The third-order valence-corrected chi connectivity index (χ3v) is 5.57. The second-order valence-corrected chi connectivity index (χ2v) is 7.46. The molecule has 2 aromatic heterocycles. The number of carbonyl (C=O) groups excluding carboxylic acids is 1. The molecule has 0 spiro atoms. The van der Waals surface area contributed by atoms with Crippen molar-refractivity contribution >= 4 is 38.4 Å². The predicted octanol–water partition coefficient (Wildman–Crippen LogP) is 4.76. The number of fused-ring (bicyclic) bond motifs is 2. The molecule has 2 aromatic carbocycles. The van der Waals surface area contributed by atoms with E-state index in [9.17, 15) is 9.18 Å². The maximum atomic E-state index is 14.5. The maximum absolute atomic E-state index is 14.5. The van der Waals surface area contributed by atoms with E-state index in [0.717, 1.165) is 5.39 Å². The Balaban J connectivity index is 1.78. The molecule has 4 aromatic rings. The molecular formula is C22H21FN2O4S. The number of ether oxygens (including phenoxy) is 2. The molecule has 0 aliphatic carbocycles. The van der Waals surface area contributed by atoms with Gasteiger partial charge in [-0.15, -0.1) is 0 Å². The number of hydrogen-bond acceptors (Lipinski definition) is 5. The van der Waals surface area contributed by atoms with Gasteiger partial charge in [0.25, 0.3) is 0 Å². The molecule has 6 nitrogen and oxygen atoms in total. The molecule has 0 aliphatic rings. The number of amides is 1. The van der Waals surface area contributed by atoms with Crippen LogP contribution in [0.2, 0.25) is 0 Å². The fourth-order valence-corrected chi connectivity index (χ4v) is 4.30. The summed E-state index contributed by atoms with van der Waals surface area (Å²) in [5, 5.41) is 0.756. The Morgan fingerprint density at radius 1 is 1.20 bits per heavy atom. The van der Waals surface area contributed by atoms with Gasteiger partial charge in [-0.25, -0.2) is 4.39 Å². The molecule has 1 amide bonds. The molecule has 2 heterocycles. The van der Waals surface area contributed by atoms with Crippen LogP contribution in [0.3, 0.4) is 0 Å². The van der Waals surface area contributed by atoms with Crippen molar-refractivity contribution in [1.29, 1.82) is 0 Å². The first-order valence-electron chi connectivity index (χ1n) is 9.72. The van der Waals surface area contributed by atoms with Crippen LogP contribution in [0.25, 0.3) is 21.2 Å². The van der Waals surface area contributed by atoms with Crippen molar-refractivity contribution in [2.45, 2.75) is 20.4 Å². The predicted molar refractivity (Wildman–Crippen MR) is 114 cm³/mol. The molecular weight excluding hydrogens is 407 g/mol. The smallest absolute Gasteiger partial charge is 0.315 e. The summed E-state index contributed by atoms with van der Waals surface area (Å²) in [5.74, 6) is -0.221. The fourth-order valence-electron chi connectivity index (χ4n) is 3.23. The normalized spacial score (nSPS) is 12.2. The van der Waals surface area contributed by atoms with Crippen molar-refractivity contribution < 1.29 is 23.1 Å². The van der Waals surface area contributed by atoms with Gasteiger partial charge in [0.1, 0.15) is 5.82 Å². The quantitative estimate of drug-likeness (QED) is 0.398. The van der Waals surface area contributed by atoms with Crippen molar-refractivity contribution in [3.8, 4) is 5.75 Å². The second kappa shape index (κ2) is 8.81. The van der Waals surface area contributed by atoms with Crippen LogP contribution in [0.4, 0.5) is 4.39 Å². The molecule has 0 saturated carbocycles. The number of hydrogen-bond donors (Lipinski definition) is 0. The first-order chi connectivity index (χ1) is 14.6. The topological polar surface area (TPSA) is 66.0 Å². The van der Waals surface area contributed by atoms with Gasteiger partial charge in [-0.1, -0.05) is 29.5 Å². The van der Waals surface area contributed by atoms with Crippen LogP contribution in [0.15, 0.2) is 51.9 Å². The van der Waals surface area contributed by atoms with E-state index in [0.29, 0.717) is 52.7 Å². The molecule has 8 heteroatoms. The molecule has 0 aliphatic heterocycles. The van der Waals surface area contributed by atoms with E-state index in [-0.39, 0.29) is 11.6 Å². The molecule has 30 heavy (non-hydrogen) atoms. The number of carbonyl (C=O) groups is 1. The summed E-state index contributed by atoms with van der Waals surface area (Å²) in [6.45, 7) is 5.59. The lowest BCUT2D eigenvalue weighted by atomic mass is 10.2. The van der Waals surface area contributed by atoms with E-state index in [1.807, 2.05) is 26.0 Å². The Labute approximate surface area is 176 Å². The number of thiazole rings is 1. The van der Waals surface area contributed by atoms with E-state index in [1.165, 1.54) is 17.4 Å². The second-order valence-electron chi connectivity index (χ2n) is 6.45. The molecule has 0 bridgehead atoms. The minimum Gasteiger partial charge on any atom is -0.490 e. The zero-order valence-corrected chi connectivity index (χ0v) is 17.5. The van der Waals surface area contributed by atoms with Gasteiger partial charge in [-0.2, -0.15) is 4.99 Å². The van der Waals surface area contributed by atoms with Gasteiger partial charge in [0.05, 0.1) is 23.4 Å². The number of nitrogens with zero attached hydrogens (tertiary/aromatic N) is 2. The lowest BCUT2D eigenvalue weighted by Gasteiger charge is -2.05. The van der Waals surface area contributed by atoms with Gasteiger partial charge in [0.2, 0.25) is 0 Å². The van der Waals surface area contributed by atoms with Crippen molar-refractivity contribution in [3.05, 3.63) is 58.8 Å². The Hall–Kier alpha value is -2.97. The van der Waals surface area contributed by atoms with Crippen molar-refractivity contribution in [2.75, 3.05) is 19.8 Å². The zero-order valence-electron chi connectivity index (χ0n) is 16.7. The number of furan rings is 1. The highest BCUT2D eigenvalue weighted by molar-refractivity contribution is 7.16. The van der Waals surface area contributed by atoms with Gasteiger partial charge in [0, 0.05) is 18.5 Å². The standard InChI is InChI=1S/C22H21FN2O4S/c1-3-27-12-11-25-19-15(23)8-6-10-18(19)30-22(25)24-21(26)17-13-14-7-5-9-16(28-4-2)20(14)29-17/h5-10,13H,3-4,11-12H2,1-2H3. The molecule has 156 valence electrons. The summed E-state index contributed by atoms with van der Waals surface area (Å²) in [4.78, 5) is 17.5. The highest BCUT2D eigenvalue weighted by Gasteiger charge is 2.16. The van der Waals surface area contributed by atoms with Crippen LogP contribution < -0.4 is 9.54 Å². The monoisotopic (exact) mass is 428 g/mol. The summed E-state index contributed by atoms with van der Waals surface area (Å²) >= 11 is 1.25. The summed E-state index contributed by atoms with van der Waals surface area (Å²) in [6, 6.07) is 12.0. The molecule has 0 unspecified atom stereocenters. The van der Waals surface area contributed by atoms with Crippen LogP contribution in [-0.4, -0.2) is 30.3 Å². The largest absolute Gasteiger partial charge is 0.490 e. The Morgan fingerprint density at radius 3 is 2.83 bits per heavy atom. The van der Waals surface area contributed by atoms with E-state index in [1.54, 1.807) is 28.8 Å². The van der Waals surface area contributed by atoms with E-state index < -0.39 is 5.91 Å². The fraction of sp³-hybridized carbons (Fsp3) is 0.273. The van der Waals surface area contributed by atoms with E-state index >= 15 is 0 Å². The van der Waals surface area contributed by atoms with Crippen molar-refractivity contribution in [2.24, 2.45) is 4.99 Å². The van der Waals surface area contributed by atoms with Crippen LogP contribution in [0, 0.1) is 5.82 Å². The van der Waals surface area contributed by atoms with Gasteiger partial charge in [-0.05, 0) is 38.1 Å². The van der Waals surface area contributed by atoms with Crippen molar-refractivity contribution in [1.82, 2.24) is 4.57 Å². The van der Waals surface area contributed by atoms with Crippen LogP contribution in [0.5, 0.6) is 5.75 Å². The summed E-state index contributed by atoms with van der Waals surface area (Å²) in [6.07, 6.45) is 0. The van der Waals surface area contributed by atoms with Crippen LogP contribution >= 0.6 is 11.3 Å². The molecule has 0 radical (unpaired) electrons. The number of halogens is 1. The highest BCUT2D eigenvalue weighted by atomic mass is 32.1. The first-order valence-corrected chi connectivity index (χ1v) is 10.5. The average molecular weight is 428 g/mol. The summed E-state index contributed by atoms with van der Waals surface area (Å²) < 4.78 is 33.6. The number of aromatic nitrogens is 1. The first kappa shape index (κ1) is 20.3. The Kier molecular flexibility index (Phi) is 5.96. The minimum absolute atomic E-state index is 0.103. The number of rotatable bonds is 7. The molecule has 0 fully saturated rings. The summed E-state index contributed by atoms with van der Waals surface area (Å²) in [5.41, 5.74) is 0.918. The van der Waals surface area contributed by atoms with Crippen LogP contribution in [-0.2, 0) is 11.3 Å².